The highest BCUT2D eigenvalue weighted by Gasteiger charge is 2.29. The number of benzene rings is 1. The Morgan fingerprint density at radius 1 is 1.32 bits per heavy atom. The zero-order chi connectivity index (χ0) is 14.0. The van der Waals surface area contributed by atoms with Crippen molar-refractivity contribution in [1.29, 1.82) is 0 Å². The van der Waals surface area contributed by atoms with E-state index in [1.807, 2.05) is 24.1 Å². The monoisotopic (exact) mass is 375 g/mol. The first-order valence-electron chi connectivity index (χ1n) is 6.23. The molecule has 0 bridgehead atoms. The molecule has 19 heavy (non-hydrogen) atoms. The van der Waals surface area contributed by atoms with Gasteiger partial charge in [0.15, 0.2) is 0 Å². The lowest BCUT2D eigenvalue weighted by Crippen LogP contribution is -2.30. The first-order valence-corrected chi connectivity index (χ1v) is 7.30. The highest BCUT2D eigenvalue weighted by Crippen LogP contribution is 2.31. The standard InChI is InChI=1S/C14H18INO3/c1-16(10-4-5-10)14(17)7-9-6-13(19-3)11(15)8-12(9)18-2/h6,8,10H,4-5,7H2,1-3H3. The average Bonchev–Trinajstić information content (AvgIpc) is 3.23. The van der Waals surface area contributed by atoms with E-state index in [0.717, 1.165) is 33.5 Å². The van der Waals surface area contributed by atoms with Crippen LogP contribution in [0.15, 0.2) is 12.1 Å². The summed E-state index contributed by atoms with van der Waals surface area (Å²) in [6.45, 7) is 0. The normalized spacial score (nSPS) is 14.1. The molecule has 1 aromatic rings. The summed E-state index contributed by atoms with van der Waals surface area (Å²) in [5.74, 6) is 1.64. The number of methoxy groups -OCH3 is 2. The van der Waals surface area contributed by atoms with Gasteiger partial charge in [0.25, 0.3) is 0 Å². The Morgan fingerprint density at radius 3 is 2.47 bits per heavy atom. The van der Waals surface area contributed by atoms with Crippen molar-refractivity contribution in [3.63, 3.8) is 0 Å². The summed E-state index contributed by atoms with van der Waals surface area (Å²) in [5, 5.41) is 0. The Labute approximate surface area is 127 Å². The molecule has 0 aromatic heterocycles. The summed E-state index contributed by atoms with van der Waals surface area (Å²) in [6.07, 6.45) is 2.59. The number of nitrogens with zero attached hydrogens (tertiary/aromatic N) is 1. The van der Waals surface area contributed by atoms with E-state index in [9.17, 15) is 4.79 Å². The molecule has 0 aliphatic heterocycles. The lowest BCUT2D eigenvalue weighted by atomic mass is 10.1. The van der Waals surface area contributed by atoms with Gasteiger partial charge in [0, 0.05) is 18.7 Å². The third-order valence-electron chi connectivity index (χ3n) is 3.38. The minimum Gasteiger partial charge on any atom is -0.496 e. The van der Waals surface area contributed by atoms with E-state index in [4.69, 9.17) is 9.47 Å². The quantitative estimate of drug-likeness (QED) is 0.743. The predicted octanol–water partition coefficient (Wildman–Crippen LogP) is 2.47. The van der Waals surface area contributed by atoms with Gasteiger partial charge in [-0.2, -0.15) is 0 Å². The first-order chi connectivity index (χ1) is 9.06. The van der Waals surface area contributed by atoms with Gasteiger partial charge in [-0.1, -0.05) is 0 Å². The van der Waals surface area contributed by atoms with Gasteiger partial charge in [0.2, 0.25) is 5.91 Å². The number of hydrogen-bond donors (Lipinski definition) is 0. The summed E-state index contributed by atoms with van der Waals surface area (Å²) >= 11 is 2.19. The lowest BCUT2D eigenvalue weighted by Gasteiger charge is -2.18. The zero-order valence-corrected chi connectivity index (χ0v) is 13.6. The van der Waals surface area contributed by atoms with Gasteiger partial charge in [-0.25, -0.2) is 0 Å². The fourth-order valence-electron chi connectivity index (χ4n) is 2.01. The molecule has 0 atom stereocenters. The number of hydrogen-bond acceptors (Lipinski definition) is 3. The van der Waals surface area contributed by atoms with Gasteiger partial charge < -0.3 is 14.4 Å². The third-order valence-corrected chi connectivity index (χ3v) is 4.23. The number of carbonyl (C=O) groups excluding carboxylic acids is 1. The van der Waals surface area contributed by atoms with E-state index in [1.54, 1.807) is 14.2 Å². The molecular weight excluding hydrogens is 357 g/mol. The summed E-state index contributed by atoms with van der Waals surface area (Å²) in [7, 11) is 5.12. The maximum atomic E-state index is 12.2. The molecule has 0 saturated heterocycles. The van der Waals surface area contributed by atoms with Gasteiger partial charge in [-0.15, -0.1) is 0 Å². The molecular formula is C14H18INO3. The molecule has 5 heteroatoms. The number of halogens is 1. The molecule has 0 heterocycles. The van der Waals surface area contributed by atoms with E-state index >= 15 is 0 Å². The van der Waals surface area contributed by atoms with Crippen molar-refractivity contribution < 1.29 is 14.3 Å². The smallest absolute Gasteiger partial charge is 0.227 e. The second-order valence-corrected chi connectivity index (χ2v) is 5.87. The molecule has 1 fully saturated rings. The molecule has 2 rings (SSSR count). The Balaban J connectivity index is 2.20. The van der Waals surface area contributed by atoms with Gasteiger partial charge in [0.1, 0.15) is 11.5 Å². The molecule has 0 N–H and O–H groups in total. The van der Waals surface area contributed by atoms with Crippen LogP contribution in [0.3, 0.4) is 0 Å². The predicted molar refractivity (Wildman–Crippen MR) is 81.8 cm³/mol. The zero-order valence-electron chi connectivity index (χ0n) is 11.4. The van der Waals surface area contributed by atoms with Crippen molar-refractivity contribution in [3.05, 3.63) is 21.3 Å². The minimum atomic E-state index is 0.129. The Kier molecular flexibility index (Phi) is 4.54. The van der Waals surface area contributed by atoms with Crippen LogP contribution in [-0.4, -0.2) is 38.1 Å². The second kappa shape index (κ2) is 5.98. The Bertz CT molecular complexity index is 486. The van der Waals surface area contributed by atoms with Crippen molar-refractivity contribution in [2.75, 3.05) is 21.3 Å². The minimum absolute atomic E-state index is 0.129. The summed E-state index contributed by atoms with van der Waals surface area (Å²) in [4.78, 5) is 14.0. The molecule has 1 aliphatic rings. The van der Waals surface area contributed by atoms with Crippen LogP contribution in [0.5, 0.6) is 11.5 Å². The van der Waals surface area contributed by atoms with E-state index < -0.39 is 0 Å². The van der Waals surface area contributed by atoms with Crippen LogP contribution in [0.1, 0.15) is 18.4 Å². The Morgan fingerprint density at radius 2 is 1.95 bits per heavy atom. The SMILES string of the molecule is COc1cc(CC(=O)N(C)C2CC2)c(OC)cc1I. The van der Waals surface area contributed by atoms with Gasteiger partial charge in [-0.05, 0) is 47.6 Å². The van der Waals surface area contributed by atoms with Crippen LogP contribution in [-0.2, 0) is 11.2 Å². The van der Waals surface area contributed by atoms with Crippen molar-refractivity contribution in [2.24, 2.45) is 0 Å². The maximum Gasteiger partial charge on any atom is 0.227 e. The first kappa shape index (κ1) is 14.4. The number of likely N-dealkylation sites (N-methyl/N-ethyl adjacent to an activating group) is 1. The van der Waals surface area contributed by atoms with Crippen molar-refractivity contribution in [3.8, 4) is 11.5 Å². The molecule has 1 aliphatic carbocycles. The Hall–Kier alpha value is -0.980. The number of carbonyl (C=O) groups is 1. The van der Waals surface area contributed by atoms with Crippen LogP contribution < -0.4 is 9.47 Å². The van der Waals surface area contributed by atoms with Crippen molar-refractivity contribution in [2.45, 2.75) is 25.3 Å². The molecule has 4 nitrogen and oxygen atoms in total. The fourth-order valence-corrected chi connectivity index (χ4v) is 2.67. The summed E-state index contributed by atoms with van der Waals surface area (Å²) in [5.41, 5.74) is 0.872. The molecule has 1 amide bonds. The van der Waals surface area contributed by atoms with E-state index in [2.05, 4.69) is 22.6 Å². The van der Waals surface area contributed by atoms with Gasteiger partial charge in [-0.3, -0.25) is 4.79 Å². The molecule has 0 radical (unpaired) electrons. The highest BCUT2D eigenvalue weighted by molar-refractivity contribution is 14.1. The fraction of sp³-hybridized carbons (Fsp3) is 0.500. The molecule has 0 unspecified atom stereocenters. The van der Waals surface area contributed by atoms with Crippen LogP contribution >= 0.6 is 22.6 Å². The van der Waals surface area contributed by atoms with Crippen LogP contribution in [0, 0.1) is 3.57 Å². The van der Waals surface area contributed by atoms with E-state index in [1.165, 1.54) is 0 Å². The number of rotatable bonds is 5. The van der Waals surface area contributed by atoms with Crippen LogP contribution in [0.4, 0.5) is 0 Å². The van der Waals surface area contributed by atoms with E-state index in [-0.39, 0.29) is 5.91 Å². The molecule has 1 aromatic carbocycles. The highest BCUT2D eigenvalue weighted by atomic mass is 127. The maximum absolute atomic E-state index is 12.2. The van der Waals surface area contributed by atoms with Crippen LogP contribution in [0.25, 0.3) is 0 Å². The van der Waals surface area contributed by atoms with Crippen molar-refractivity contribution in [1.82, 2.24) is 4.90 Å². The third kappa shape index (κ3) is 3.32. The topological polar surface area (TPSA) is 38.8 Å². The molecule has 0 spiro atoms. The summed E-state index contributed by atoms with van der Waals surface area (Å²) < 4.78 is 11.6. The average molecular weight is 375 g/mol. The van der Waals surface area contributed by atoms with Crippen molar-refractivity contribution >= 4 is 28.5 Å². The molecule has 1 saturated carbocycles. The van der Waals surface area contributed by atoms with Gasteiger partial charge in [0.05, 0.1) is 24.2 Å². The lowest BCUT2D eigenvalue weighted by molar-refractivity contribution is -0.129. The second-order valence-electron chi connectivity index (χ2n) is 4.71. The number of ether oxygens (including phenoxy) is 2. The summed E-state index contributed by atoms with van der Waals surface area (Å²) in [6, 6.07) is 4.22. The molecule has 104 valence electrons. The van der Waals surface area contributed by atoms with Gasteiger partial charge >= 0.3 is 0 Å². The van der Waals surface area contributed by atoms with E-state index in [0.29, 0.717) is 12.5 Å². The van der Waals surface area contributed by atoms with Crippen LogP contribution in [0.2, 0.25) is 0 Å². The largest absolute Gasteiger partial charge is 0.496 e. The number of amides is 1.